The Labute approximate surface area is 137 Å². The molecule has 2 heterocycles. The van der Waals surface area contributed by atoms with Crippen LogP contribution in [0.3, 0.4) is 0 Å². The zero-order valence-electron chi connectivity index (χ0n) is 12.4. The molecular weight excluding hydrogens is 316 g/mol. The third-order valence-electron chi connectivity index (χ3n) is 3.31. The largest absolute Gasteiger partial charge is 0.462 e. The molecule has 0 aliphatic rings. The van der Waals surface area contributed by atoms with E-state index < -0.39 is 0 Å². The van der Waals surface area contributed by atoms with Gasteiger partial charge >= 0.3 is 5.97 Å². The lowest BCUT2D eigenvalue weighted by Gasteiger charge is -2.04. The number of esters is 1. The van der Waals surface area contributed by atoms with Crippen LogP contribution in [0.4, 0.5) is 0 Å². The van der Waals surface area contributed by atoms with E-state index in [9.17, 15) is 4.79 Å². The van der Waals surface area contributed by atoms with Gasteiger partial charge in [0.05, 0.1) is 25.0 Å². The van der Waals surface area contributed by atoms with Gasteiger partial charge in [-0.3, -0.25) is 0 Å². The molecule has 3 aromatic rings. The van der Waals surface area contributed by atoms with Gasteiger partial charge in [-0.05, 0) is 31.4 Å². The summed E-state index contributed by atoms with van der Waals surface area (Å²) in [5, 5.41) is 1.12. The highest BCUT2D eigenvalue weighted by atomic mass is 32.2. The van der Waals surface area contributed by atoms with Gasteiger partial charge in [0.2, 0.25) is 0 Å². The van der Waals surface area contributed by atoms with Gasteiger partial charge < -0.3 is 9.30 Å². The molecule has 0 aliphatic heterocycles. The molecule has 0 atom stereocenters. The number of hydrogen-bond donors (Lipinski definition) is 0. The standard InChI is InChI=1S/C16H16N2O2S2/c1-3-20-16(19)11-4-5-13-12(8-11)15(21-2)14(22-13)9-18-7-6-17-10-18/h4-8,10H,3,9H2,1-2H3. The van der Waals surface area contributed by atoms with Crippen LogP contribution in [0.15, 0.2) is 41.8 Å². The smallest absolute Gasteiger partial charge is 0.338 e. The van der Waals surface area contributed by atoms with Crippen LogP contribution < -0.4 is 0 Å². The van der Waals surface area contributed by atoms with Crippen molar-refractivity contribution in [2.75, 3.05) is 12.9 Å². The molecule has 3 rings (SSSR count). The van der Waals surface area contributed by atoms with Crippen molar-refractivity contribution in [1.82, 2.24) is 9.55 Å². The van der Waals surface area contributed by atoms with Crippen molar-refractivity contribution in [1.29, 1.82) is 0 Å². The maximum Gasteiger partial charge on any atom is 0.338 e. The number of benzene rings is 1. The third kappa shape index (κ3) is 2.89. The van der Waals surface area contributed by atoms with Crippen molar-refractivity contribution in [2.24, 2.45) is 0 Å². The maximum absolute atomic E-state index is 11.9. The van der Waals surface area contributed by atoms with Gasteiger partial charge in [0.1, 0.15) is 0 Å². The quantitative estimate of drug-likeness (QED) is 0.522. The number of fused-ring (bicyclic) bond motifs is 1. The Hall–Kier alpha value is -1.79. The number of aromatic nitrogens is 2. The zero-order valence-corrected chi connectivity index (χ0v) is 14.0. The summed E-state index contributed by atoms with van der Waals surface area (Å²) < 4.78 is 8.33. The normalized spacial score (nSPS) is 11.0. The minimum absolute atomic E-state index is 0.265. The molecule has 0 amide bonds. The first-order valence-corrected chi connectivity index (χ1v) is 8.99. The van der Waals surface area contributed by atoms with E-state index in [1.165, 1.54) is 14.5 Å². The summed E-state index contributed by atoms with van der Waals surface area (Å²) in [6, 6.07) is 5.78. The number of thiophene rings is 1. The van der Waals surface area contributed by atoms with Gasteiger partial charge in [0.15, 0.2) is 0 Å². The average molecular weight is 332 g/mol. The van der Waals surface area contributed by atoms with Crippen LogP contribution in [-0.2, 0) is 11.3 Å². The summed E-state index contributed by atoms with van der Waals surface area (Å²) in [4.78, 5) is 18.5. The number of imidazole rings is 1. The van der Waals surface area contributed by atoms with Crippen molar-refractivity contribution >= 4 is 39.2 Å². The Morgan fingerprint density at radius 3 is 3.00 bits per heavy atom. The predicted molar refractivity (Wildman–Crippen MR) is 90.9 cm³/mol. The lowest BCUT2D eigenvalue weighted by Crippen LogP contribution is -2.03. The zero-order chi connectivity index (χ0) is 15.5. The second kappa shape index (κ2) is 6.54. The molecule has 0 unspecified atom stereocenters. The first-order chi connectivity index (χ1) is 10.7. The number of nitrogens with zero attached hydrogens (tertiary/aromatic N) is 2. The van der Waals surface area contributed by atoms with Crippen LogP contribution >= 0.6 is 23.1 Å². The van der Waals surface area contributed by atoms with E-state index in [4.69, 9.17) is 4.74 Å². The molecule has 0 spiro atoms. The van der Waals surface area contributed by atoms with E-state index in [0.29, 0.717) is 12.2 Å². The van der Waals surface area contributed by atoms with Crippen LogP contribution in [0.25, 0.3) is 10.1 Å². The molecule has 114 valence electrons. The topological polar surface area (TPSA) is 44.1 Å². The van der Waals surface area contributed by atoms with Crippen molar-refractivity contribution < 1.29 is 9.53 Å². The van der Waals surface area contributed by atoms with Gasteiger partial charge in [-0.25, -0.2) is 9.78 Å². The summed E-state index contributed by atoms with van der Waals surface area (Å²) in [6.45, 7) is 3.00. The Morgan fingerprint density at radius 2 is 2.32 bits per heavy atom. The number of thioether (sulfide) groups is 1. The van der Waals surface area contributed by atoms with Gasteiger partial charge in [0.25, 0.3) is 0 Å². The number of hydrogen-bond acceptors (Lipinski definition) is 5. The summed E-state index contributed by atoms with van der Waals surface area (Å²) in [6.07, 6.45) is 7.62. The first kappa shape index (κ1) is 15.1. The van der Waals surface area contributed by atoms with E-state index in [1.54, 1.807) is 29.3 Å². The van der Waals surface area contributed by atoms with E-state index in [1.807, 2.05) is 37.6 Å². The highest BCUT2D eigenvalue weighted by Gasteiger charge is 2.15. The van der Waals surface area contributed by atoms with Crippen LogP contribution in [0, 0.1) is 0 Å². The van der Waals surface area contributed by atoms with Crippen LogP contribution in [0.5, 0.6) is 0 Å². The second-order valence-electron chi connectivity index (χ2n) is 4.72. The molecule has 6 heteroatoms. The summed E-state index contributed by atoms with van der Waals surface area (Å²) in [7, 11) is 0. The molecule has 22 heavy (non-hydrogen) atoms. The molecular formula is C16H16N2O2S2. The number of carbonyl (C=O) groups is 1. The van der Waals surface area contributed by atoms with Crippen molar-refractivity contribution in [3.63, 3.8) is 0 Å². The first-order valence-electron chi connectivity index (χ1n) is 6.95. The number of rotatable bonds is 5. The molecule has 0 fully saturated rings. The second-order valence-corrected chi connectivity index (χ2v) is 6.68. The van der Waals surface area contributed by atoms with Crippen LogP contribution in [0.1, 0.15) is 22.2 Å². The van der Waals surface area contributed by atoms with Gasteiger partial charge in [0, 0.05) is 32.3 Å². The fourth-order valence-electron chi connectivity index (χ4n) is 2.34. The minimum atomic E-state index is -0.265. The van der Waals surface area contributed by atoms with E-state index >= 15 is 0 Å². The van der Waals surface area contributed by atoms with Crippen molar-refractivity contribution in [3.05, 3.63) is 47.4 Å². The third-order valence-corrected chi connectivity index (χ3v) is 5.47. The Morgan fingerprint density at radius 1 is 1.45 bits per heavy atom. The van der Waals surface area contributed by atoms with Crippen LogP contribution in [-0.4, -0.2) is 28.4 Å². The predicted octanol–water partition coefficient (Wildman–Crippen LogP) is 4.04. The molecule has 0 saturated carbocycles. The number of carbonyl (C=O) groups excluding carboxylic acids is 1. The number of ether oxygens (including phenoxy) is 1. The summed E-state index contributed by atoms with van der Waals surface area (Å²) in [5.41, 5.74) is 0.608. The minimum Gasteiger partial charge on any atom is -0.462 e. The lowest BCUT2D eigenvalue weighted by atomic mass is 10.1. The highest BCUT2D eigenvalue weighted by Crippen LogP contribution is 2.38. The van der Waals surface area contributed by atoms with E-state index in [-0.39, 0.29) is 5.97 Å². The summed E-state index contributed by atoms with van der Waals surface area (Å²) >= 11 is 3.47. The van der Waals surface area contributed by atoms with Gasteiger partial charge in [-0.15, -0.1) is 23.1 Å². The molecule has 1 aromatic carbocycles. The Bertz CT molecular complexity index is 794. The molecule has 0 N–H and O–H groups in total. The van der Waals surface area contributed by atoms with Crippen molar-refractivity contribution in [2.45, 2.75) is 18.4 Å². The SMILES string of the molecule is CCOC(=O)c1ccc2sc(Cn3ccnc3)c(SC)c2c1. The molecule has 2 aromatic heterocycles. The summed E-state index contributed by atoms with van der Waals surface area (Å²) in [5.74, 6) is -0.265. The molecule has 0 aliphatic carbocycles. The molecule has 0 saturated heterocycles. The van der Waals surface area contributed by atoms with E-state index in [0.717, 1.165) is 11.9 Å². The Kier molecular flexibility index (Phi) is 4.49. The molecule has 0 bridgehead atoms. The lowest BCUT2D eigenvalue weighted by molar-refractivity contribution is 0.0526. The van der Waals surface area contributed by atoms with Gasteiger partial charge in [-0.2, -0.15) is 0 Å². The molecule has 4 nitrogen and oxygen atoms in total. The van der Waals surface area contributed by atoms with Crippen molar-refractivity contribution in [3.8, 4) is 0 Å². The van der Waals surface area contributed by atoms with Gasteiger partial charge in [-0.1, -0.05) is 0 Å². The molecule has 0 radical (unpaired) electrons. The fraction of sp³-hybridized carbons (Fsp3) is 0.250. The average Bonchev–Trinajstić information content (AvgIpc) is 3.14. The fourth-order valence-corrected chi connectivity index (χ4v) is 4.55. The monoisotopic (exact) mass is 332 g/mol. The Balaban J connectivity index is 2.02. The highest BCUT2D eigenvalue weighted by molar-refractivity contribution is 7.99. The maximum atomic E-state index is 11.9. The van der Waals surface area contributed by atoms with Crippen LogP contribution in [0.2, 0.25) is 0 Å². The van der Waals surface area contributed by atoms with E-state index in [2.05, 4.69) is 15.8 Å².